The Morgan fingerprint density at radius 2 is 2.08 bits per heavy atom. The lowest BCUT2D eigenvalue weighted by Gasteiger charge is -2.18. The first kappa shape index (κ1) is 17.4. The van der Waals surface area contributed by atoms with Crippen molar-refractivity contribution in [1.29, 1.82) is 0 Å². The van der Waals surface area contributed by atoms with E-state index in [2.05, 4.69) is 56.7 Å². The first-order chi connectivity index (χ1) is 12.8. The minimum atomic E-state index is 0.688. The molecule has 3 heterocycles. The number of benzene rings is 1. The zero-order valence-corrected chi connectivity index (χ0v) is 15.7. The molecule has 0 aliphatic carbocycles. The van der Waals surface area contributed by atoms with Crippen molar-refractivity contribution in [3.8, 4) is 0 Å². The normalized spacial score (nSPS) is 20.6. The van der Waals surface area contributed by atoms with Gasteiger partial charge < -0.3 is 10.6 Å². The van der Waals surface area contributed by atoms with Crippen molar-refractivity contribution in [3.63, 3.8) is 0 Å². The molecular weight excluding hydrogens is 322 g/mol. The molecule has 2 aliphatic rings. The van der Waals surface area contributed by atoms with Gasteiger partial charge in [-0.3, -0.25) is 4.90 Å². The molecule has 2 aromatic rings. The summed E-state index contributed by atoms with van der Waals surface area (Å²) in [4.78, 5) is 11.6. The van der Waals surface area contributed by atoms with E-state index in [0.29, 0.717) is 5.92 Å². The molecule has 0 saturated carbocycles. The molecule has 2 aliphatic heterocycles. The van der Waals surface area contributed by atoms with Crippen molar-refractivity contribution in [2.24, 2.45) is 5.92 Å². The second-order valence-electron chi connectivity index (χ2n) is 7.59. The van der Waals surface area contributed by atoms with Gasteiger partial charge in [-0.1, -0.05) is 24.3 Å². The minimum Gasteiger partial charge on any atom is -0.369 e. The molecule has 138 valence electrons. The molecule has 0 unspecified atom stereocenters. The highest BCUT2D eigenvalue weighted by molar-refractivity contribution is 5.46. The van der Waals surface area contributed by atoms with Gasteiger partial charge in [-0.2, -0.15) is 0 Å². The molecule has 0 bridgehead atoms. The van der Waals surface area contributed by atoms with Crippen molar-refractivity contribution >= 4 is 5.82 Å². The third-order valence-corrected chi connectivity index (χ3v) is 5.71. The second kappa shape index (κ2) is 8.14. The number of likely N-dealkylation sites (tertiary alicyclic amines) is 1. The first-order valence-electron chi connectivity index (χ1n) is 9.84. The molecule has 0 spiro atoms. The maximum Gasteiger partial charge on any atom is 0.132 e. The predicted octanol–water partition coefficient (Wildman–Crippen LogP) is 2.41. The fraction of sp³-hybridized carbons (Fsp3) is 0.524. The fourth-order valence-electron chi connectivity index (χ4n) is 4.12. The summed E-state index contributed by atoms with van der Waals surface area (Å²) in [5, 5.41) is 7.08. The average Bonchev–Trinajstić information content (AvgIpc) is 2.95. The van der Waals surface area contributed by atoms with Crippen LogP contribution in [0.4, 0.5) is 5.82 Å². The van der Waals surface area contributed by atoms with Crippen LogP contribution in [0.25, 0.3) is 0 Å². The summed E-state index contributed by atoms with van der Waals surface area (Å²) in [5.41, 5.74) is 5.37. The smallest absolute Gasteiger partial charge is 0.132 e. The Morgan fingerprint density at radius 1 is 1.19 bits per heavy atom. The maximum atomic E-state index is 4.53. The van der Waals surface area contributed by atoms with E-state index in [0.717, 1.165) is 51.4 Å². The zero-order valence-electron chi connectivity index (χ0n) is 15.7. The van der Waals surface area contributed by atoms with Gasteiger partial charge in [0.05, 0.1) is 5.69 Å². The van der Waals surface area contributed by atoms with Gasteiger partial charge in [0.1, 0.15) is 12.1 Å². The maximum absolute atomic E-state index is 4.53. The van der Waals surface area contributed by atoms with Gasteiger partial charge in [-0.15, -0.1) is 0 Å². The van der Waals surface area contributed by atoms with Crippen molar-refractivity contribution in [2.75, 3.05) is 38.0 Å². The van der Waals surface area contributed by atoms with Gasteiger partial charge in [0.2, 0.25) is 0 Å². The topological polar surface area (TPSA) is 53.1 Å². The Bertz CT molecular complexity index is 745. The lowest BCUT2D eigenvalue weighted by Crippen LogP contribution is -2.23. The van der Waals surface area contributed by atoms with E-state index in [1.54, 1.807) is 6.33 Å². The largest absolute Gasteiger partial charge is 0.369 e. The Balaban J connectivity index is 1.33. The molecule has 1 atom stereocenters. The van der Waals surface area contributed by atoms with Crippen LogP contribution in [-0.2, 0) is 19.4 Å². The third kappa shape index (κ3) is 4.05. The van der Waals surface area contributed by atoms with E-state index in [1.807, 2.05) is 0 Å². The molecule has 1 aromatic carbocycles. The Morgan fingerprint density at radius 3 is 3.00 bits per heavy atom. The quantitative estimate of drug-likeness (QED) is 0.866. The number of rotatable bonds is 5. The highest BCUT2D eigenvalue weighted by Gasteiger charge is 2.23. The predicted molar refractivity (Wildman–Crippen MR) is 105 cm³/mol. The van der Waals surface area contributed by atoms with Crippen LogP contribution in [0.5, 0.6) is 0 Å². The van der Waals surface area contributed by atoms with Crippen molar-refractivity contribution in [2.45, 2.75) is 32.7 Å². The molecule has 5 heteroatoms. The molecular formula is C21H29N5. The van der Waals surface area contributed by atoms with Gasteiger partial charge in [0.25, 0.3) is 0 Å². The Hall–Kier alpha value is -1.98. The lowest BCUT2D eigenvalue weighted by atomic mass is 10.1. The van der Waals surface area contributed by atoms with Crippen LogP contribution in [-0.4, -0.2) is 47.6 Å². The number of anilines is 1. The number of nitrogens with zero attached hydrogens (tertiary/aromatic N) is 3. The molecule has 0 amide bonds. The van der Waals surface area contributed by atoms with Gasteiger partial charge in [0.15, 0.2) is 0 Å². The molecule has 1 aromatic heterocycles. The van der Waals surface area contributed by atoms with Crippen molar-refractivity contribution in [3.05, 3.63) is 53.0 Å². The minimum absolute atomic E-state index is 0.688. The van der Waals surface area contributed by atoms with Gasteiger partial charge in [-0.25, -0.2) is 9.97 Å². The van der Waals surface area contributed by atoms with Crippen LogP contribution in [0, 0.1) is 12.8 Å². The summed E-state index contributed by atoms with van der Waals surface area (Å²) in [6.45, 7) is 8.66. The number of aromatic nitrogens is 2. The standard InChI is InChI=1S/C21H29N5/c1-16-4-2-3-5-18(16)14-26-11-8-17(13-26)12-23-21-19-6-9-22-10-7-20(19)24-15-25-21/h2-5,15,17,22H,6-14H2,1H3,(H,23,24,25)/t17-/m1/s1. The number of aryl methyl sites for hydroxylation is 1. The fourth-order valence-corrected chi connectivity index (χ4v) is 4.12. The molecule has 2 N–H and O–H groups in total. The number of nitrogens with one attached hydrogen (secondary N) is 2. The highest BCUT2D eigenvalue weighted by Crippen LogP contribution is 2.22. The van der Waals surface area contributed by atoms with E-state index >= 15 is 0 Å². The van der Waals surface area contributed by atoms with Crippen LogP contribution in [0.1, 0.15) is 28.8 Å². The number of hydrogen-bond donors (Lipinski definition) is 2. The summed E-state index contributed by atoms with van der Waals surface area (Å²) >= 11 is 0. The molecule has 4 rings (SSSR count). The van der Waals surface area contributed by atoms with Gasteiger partial charge in [0, 0.05) is 38.2 Å². The number of hydrogen-bond acceptors (Lipinski definition) is 5. The second-order valence-corrected chi connectivity index (χ2v) is 7.59. The summed E-state index contributed by atoms with van der Waals surface area (Å²) < 4.78 is 0. The molecule has 26 heavy (non-hydrogen) atoms. The van der Waals surface area contributed by atoms with E-state index in [9.17, 15) is 0 Å². The average molecular weight is 351 g/mol. The molecule has 0 radical (unpaired) electrons. The van der Waals surface area contributed by atoms with Crippen LogP contribution in [0.15, 0.2) is 30.6 Å². The van der Waals surface area contributed by atoms with Gasteiger partial charge >= 0.3 is 0 Å². The summed E-state index contributed by atoms with van der Waals surface area (Å²) in [7, 11) is 0. The Labute approximate surface area is 156 Å². The Kier molecular flexibility index (Phi) is 5.46. The van der Waals surface area contributed by atoms with Gasteiger partial charge in [-0.05, 0) is 49.9 Å². The van der Waals surface area contributed by atoms with Crippen molar-refractivity contribution in [1.82, 2.24) is 20.2 Å². The van der Waals surface area contributed by atoms with Crippen molar-refractivity contribution < 1.29 is 0 Å². The third-order valence-electron chi connectivity index (χ3n) is 5.71. The van der Waals surface area contributed by atoms with Crippen LogP contribution in [0.3, 0.4) is 0 Å². The summed E-state index contributed by atoms with van der Waals surface area (Å²) in [5.74, 6) is 1.74. The molecule has 1 saturated heterocycles. The lowest BCUT2D eigenvalue weighted by molar-refractivity contribution is 0.318. The van der Waals surface area contributed by atoms with Crippen LogP contribution < -0.4 is 10.6 Å². The zero-order chi connectivity index (χ0) is 17.8. The SMILES string of the molecule is Cc1ccccc1CN1CC[C@H](CNc2ncnc3c2CCNCC3)C1. The van der Waals surface area contributed by atoms with Crippen LogP contribution >= 0.6 is 0 Å². The molecule has 1 fully saturated rings. The summed E-state index contributed by atoms with van der Waals surface area (Å²) in [6.07, 6.45) is 4.99. The van der Waals surface area contributed by atoms with E-state index in [-0.39, 0.29) is 0 Å². The van der Waals surface area contributed by atoms with E-state index < -0.39 is 0 Å². The molecule has 5 nitrogen and oxygen atoms in total. The monoisotopic (exact) mass is 351 g/mol. The van der Waals surface area contributed by atoms with E-state index in [4.69, 9.17) is 0 Å². The number of fused-ring (bicyclic) bond motifs is 1. The first-order valence-corrected chi connectivity index (χ1v) is 9.84. The van der Waals surface area contributed by atoms with E-state index in [1.165, 1.54) is 35.3 Å². The van der Waals surface area contributed by atoms with Crippen LogP contribution in [0.2, 0.25) is 0 Å². The highest BCUT2D eigenvalue weighted by atomic mass is 15.2. The summed E-state index contributed by atoms with van der Waals surface area (Å²) in [6, 6.07) is 8.73.